The van der Waals surface area contributed by atoms with Crippen molar-refractivity contribution in [3.63, 3.8) is 0 Å². The van der Waals surface area contributed by atoms with E-state index in [2.05, 4.69) is 53.2 Å². The molecule has 0 bridgehead atoms. The number of nitrogens with one attached hydrogen (secondary N) is 1. The van der Waals surface area contributed by atoms with E-state index in [9.17, 15) is 4.79 Å². The van der Waals surface area contributed by atoms with Gasteiger partial charge >= 0.3 is 0 Å². The van der Waals surface area contributed by atoms with E-state index < -0.39 is 0 Å². The number of carbonyl (C=O) groups is 1. The first-order valence-corrected chi connectivity index (χ1v) is 9.64. The lowest BCUT2D eigenvalue weighted by atomic mass is 10.1. The molecule has 23 heavy (non-hydrogen) atoms. The Morgan fingerprint density at radius 2 is 1.96 bits per heavy atom. The summed E-state index contributed by atoms with van der Waals surface area (Å²) in [5, 5.41) is 3.27. The van der Waals surface area contributed by atoms with Gasteiger partial charge in [-0.25, -0.2) is 0 Å². The van der Waals surface area contributed by atoms with Crippen LogP contribution in [0.4, 0.5) is 5.69 Å². The summed E-state index contributed by atoms with van der Waals surface area (Å²) in [6, 6.07) is 8.60. The SMILES string of the molecule is CCCCC1(N2CCN(c3ccccc3C)CC2)NC(=O)CS1. The van der Waals surface area contributed by atoms with Crippen molar-refractivity contribution >= 4 is 23.4 Å². The summed E-state index contributed by atoms with van der Waals surface area (Å²) < 4.78 is 0. The highest BCUT2D eigenvalue weighted by Gasteiger charge is 2.44. The zero-order chi connectivity index (χ0) is 16.3. The Kier molecular flexibility index (Phi) is 5.17. The van der Waals surface area contributed by atoms with E-state index in [1.165, 1.54) is 17.7 Å². The monoisotopic (exact) mass is 333 g/mol. The Hall–Kier alpha value is -1.20. The number of para-hydroxylation sites is 1. The number of piperazine rings is 1. The van der Waals surface area contributed by atoms with E-state index in [1.807, 2.05) is 0 Å². The minimum absolute atomic E-state index is 0.162. The van der Waals surface area contributed by atoms with Crippen LogP contribution in [-0.2, 0) is 4.79 Å². The molecule has 0 spiro atoms. The van der Waals surface area contributed by atoms with E-state index in [0.717, 1.165) is 39.0 Å². The zero-order valence-corrected chi connectivity index (χ0v) is 15.0. The molecule has 0 aliphatic carbocycles. The summed E-state index contributed by atoms with van der Waals surface area (Å²) >= 11 is 1.79. The smallest absolute Gasteiger partial charge is 0.232 e. The second-order valence-corrected chi connectivity index (χ2v) is 7.74. The van der Waals surface area contributed by atoms with Gasteiger partial charge in [0.1, 0.15) is 4.99 Å². The number of carbonyl (C=O) groups excluding carboxylic acids is 1. The summed E-state index contributed by atoms with van der Waals surface area (Å²) in [5.41, 5.74) is 2.68. The third-order valence-corrected chi connectivity index (χ3v) is 6.34. The highest BCUT2D eigenvalue weighted by atomic mass is 32.2. The molecule has 4 nitrogen and oxygen atoms in total. The highest BCUT2D eigenvalue weighted by Crippen LogP contribution is 2.37. The van der Waals surface area contributed by atoms with Crippen LogP contribution in [-0.4, -0.2) is 47.7 Å². The van der Waals surface area contributed by atoms with Crippen LogP contribution in [0.1, 0.15) is 31.7 Å². The number of unbranched alkanes of at least 4 members (excludes halogenated alkanes) is 1. The van der Waals surface area contributed by atoms with Gasteiger partial charge in [0.2, 0.25) is 5.91 Å². The van der Waals surface area contributed by atoms with E-state index in [1.54, 1.807) is 11.8 Å². The fraction of sp³-hybridized carbons (Fsp3) is 0.611. The largest absolute Gasteiger partial charge is 0.369 e. The fourth-order valence-electron chi connectivity index (χ4n) is 3.58. The van der Waals surface area contributed by atoms with Gasteiger partial charge in [-0.3, -0.25) is 9.69 Å². The number of thioether (sulfide) groups is 1. The first-order valence-electron chi connectivity index (χ1n) is 8.65. The van der Waals surface area contributed by atoms with E-state index in [0.29, 0.717) is 5.75 Å². The average molecular weight is 334 g/mol. The molecule has 1 aromatic rings. The zero-order valence-electron chi connectivity index (χ0n) is 14.2. The van der Waals surface area contributed by atoms with Crippen molar-refractivity contribution in [3.05, 3.63) is 29.8 Å². The number of rotatable bonds is 5. The van der Waals surface area contributed by atoms with Crippen LogP contribution >= 0.6 is 11.8 Å². The number of aryl methyl sites for hydroxylation is 1. The van der Waals surface area contributed by atoms with Crippen molar-refractivity contribution in [2.24, 2.45) is 0 Å². The number of nitrogens with zero attached hydrogens (tertiary/aromatic N) is 2. The molecule has 2 aliphatic rings. The number of amides is 1. The highest BCUT2D eigenvalue weighted by molar-refractivity contribution is 8.01. The number of hydrogen-bond donors (Lipinski definition) is 1. The third-order valence-electron chi connectivity index (χ3n) is 4.89. The lowest BCUT2D eigenvalue weighted by Crippen LogP contribution is -2.60. The second kappa shape index (κ2) is 7.14. The van der Waals surface area contributed by atoms with Crippen molar-refractivity contribution < 1.29 is 4.79 Å². The number of hydrogen-bond acceptors (Lipinski definition) is 4. The molecule has 1 N–H and O–H groups in total. The van der Waals surface area contributed by atoms with Gasteiger partial charge in [-0.1, -0.05) is 31.5 Å². The van der Waals surface area contributed by atoms with Crippen LogP contribution in [0.25, 0.3) is 0 Å². The van der Waals surface area contributed by atoms with Crippen LogP contribution in [0.15, 0.2) is 24.3 Å². The Labute approximate surface area is 143 Å². The van der Waals surface area contributed by atoms with Gasteiger partial charge in [0, 0.05) is 31.9 Å². The molecule has 2 aliphatic heterocycles. The van der Waals surface area contributed by atoms with E-state index in [-0.39, 0.29) is 10.9 Å². The standard InChI is InChI=1S/C18H27N3OS/c1-3-4-9-18(19-17(22)14-23-18)21-12-10-20(11-13-21)16-8-6-5-7-15(16)2/h5-8H,3-4,9-14H2,1-2H3,(H,19,22). The maximum Gasteiger partial charge on any atom is 0.232 e. The van der Waals surface area contributed by atoms with Crippen molar-refractivity contribution in [1.82, 2.24) is 10.2 Å². The van der Waals surface area contributed by atoms with E-state index in [4.69, 9.17) is 0 Å². The molecule has 0 saturated carbocycles. The van der Waals surface area contributed by atoms with Gasteiger partial charge in [0.25, 0.3) is 0 Å². The molecule has 2 saturated heterocycles. The lowest BCUT2D eigenvalue weighted by molar-refractivity contribution is -0.120. The van der Waals surface area contributed by atoms with Gasteiger partial charge in [0.15, 0.2) is 0 Å². The molecule has 0 radical (unpaired) electrons. The molecule has 0 aromatic heterocycles. The van der Waals surface area contributed by atoms with Crippen molar-refractivity contribution in [3.8, 4) is 0 Å². The Morgan fingerprint density at radius 3 is 2.57 bits per heavy atom. The Morgan fingerprint density at radius 1 is 1.22 bits per heavy atom. The number of benzene rings is 1. The molecular formula is C18H27N3OS. The molecule has 5 heteroatoms. The molecule has 126 valence electrons. The summed E-state index contributed by atoms with van der Waals surface area (Å²) in [6.45, 7) is 8.45. The molecule has 1 amide bonds. The number of anilines is 1. The Balaban J connectivity index is 1.67. The van der Waals surface area contributed by atoms with Crippen LogP contribution < -0.4 is 10.2 Å². The Bertz CT molecular complexity index is 557. The second-order valence-electron chi connectivity index (χ2n) is 6.49. The maximum atomic E-state index is 11.8. The van der Waals surface area contributed by atoms with E-state index >= 15 is 0 Å². The molecule has 1 aromatic carbocycles. The van der Waals surface area contributed by atoms with Crippen molar-refractivity contribution in [2.75, 3.05) is 36.8 Å². The normalized spacial score (nSPS) is 25.7. The van der Waals surface area contributed by atoms with Gasteiger partial charge in [-0.15, -0.1) is 11.8 Å². The van der Waals surface area contributed by atoms with Crippen LogP contribution in [0.5, 0.6) is 0 Å². The summed E-state index contributed by atoms with van der Waals surface area (Å²) in [5.74, 6) is 0.786. The summed E-state index contributed by atoms with van der Waals surface area (Å²) in [7, 11) is 0. The van der Waals surface area contributed by atoms with Gasteiger partial charge in [-0.05, 0) is 31.4 Å². The summed E-state index contributed by atoms with van der Waals surface area (Å²) in [4.78, 5) is 16.6. The summed E-state index contributed by atoms with van der Waals surface area (Å²) in [6.07, 6.45) is 3.37. The lowest BCUT2D eigenvalue weighted by Gasteiger charge is -2.45. The maximum absolute atomic E-state index is 11.8. The topological polar surface area (TPSA) is 35.6 Å². The molecular weight excluding hydrogens is 306 g/mol. The average Bonchev–Trinajstić information content (AvgIpc) is 2.96. The minimum atomic E-state index is -0.162. The van der Waals surface area contributed by atoms with Gasteiger partial charge in [-0.2, -0.15) is 0 Å². The van der Waals surface area contributed by atoms with Crippen molar-refractivity contribution in [2.45, 2.75) is 38.1 Å². The van der Waals surface area contributed by atoms with Gasteiger partial charge < -0.3 is 10.2 Å². The minimum Gasteiger partial charge on any atom is -0.369 e. The van der Waals surface area contributed by atoms with Crippen molar-refractivity contribution in [1.29, 1.82) is 0 Å². The predicted octanol–water partition coefficient (Wildman–Crippen LogP) is 2.82. The quantitative estimate of drug-likeness (QED) is 0.899. The van der Waals surface area contributed by atoms with Gasteiger partial charge in [0.05, 0.1) is 5.75 Å². The molecule has 2 heterocycles. The first kappa shape index (κ1) is 16.7. The van der Waals surface area contributed by atoms with Crippen LogP contribution in [0, 0.1) is 6.92 Å². The van der Waals surface area contributed by atoms with Crippen LogP contribution in [0.2, 0.25) is 0 Å². The molecule has 1 atom stereocenters. The first-order chi connectivity index (χ1) is 11.1. The third kappa shape index (κ3) is 3.50. The van der Waals surface area contributed by atoms with Crippen LogP contribution in [0.3, 0.4) is 0 Å². The molecule has 1 unspecified atom stereocenters. The fourth-order valence-corrected chi connectivity index (χ4v) is 4.86. The molecule has 2 fully saturated rings. The predicted molar refractivity (Wildman–Crippen MR) is 97.8 cm³/mol. The molecule has 3 rings (SSSR count).